The number of benzene rings is 2. The summed E-state index contributed by atoms with van der Waals surface area (Å²) in [7, 11) is 3.27. The van der Waals surface area contributed by atoms with Crippen LogP contribution in [0.4, 0.5) is 5.69 Å². The quantitative estimate of drug-likeness (QED) is 0.570. The largest absolute Gasteiger partial charge is 0.497 e. The van der Waals surface area contributed by atoms with Crippen molar-refractivity contribution >= 4 is 34.8 Å². The van der Waals surface area contributed by atoms with E-state index in [-0.39, 0.29) is 24.4 Å². The standard InChI is InChI=1S/C25H30Cl2N2O4/c1-32-17-7-9-22(33-2)18(14-17)24-19-5-3-4-10-25(19,31)11-12-29(24)15-23(30)28-21-8-6-16(26)13-20(21)27/h6-9,13-14,19,24,31H,3-5,10-12,15H2,1-2H3,(H,28,30). The number of hydrogen-bond acceptors (Lipinski definition) is 5. The van der Waals surface area contributed by atoms with Crippen molar-refractivity contribution in [2.45, 2.75) is 43.7 Å². The van der Waals surface area contributed by atoms with Crippen LogP contribution in [-0.2, 0) is 4.79 Å². The Kier molecular flexibility index (Phi) is 7.39. The number of nitrogens with zero attached hydrogens (tertiary/aromatic N) is 1. The van der Waals surface area contributed by atoms with Crippen LogP contribution in [0.5, 0.6) is 11.5 Å². The van der Waals surface area contributed by atoms with E-state index in [9.17, 15) is 9.90 Å². The minimum Gasteiger partial charge on any atom is -0.497 e. The van der Waals surface area contributed by atoms with Gasteiger partial charge in [0.2, 0.25) is 5.91 Å². The minimum atomic E-state index is -0.747. The van der Waals surface area contributed by atoms with E-state index >= 15 is 0 Å². The molecule has 8 heteroatoms. The van der Waals surface area contributed by atoms with Crippen LogP contribution in [0.15, 0.2) is 36.4 Å². The molecule has 3 atom stereocenters. The Morgan fingerprint density at radius 2 is 1.97 bits per heavy atom. The number of hydrogen-bond donors (Lipinski definition) is 2. The maximum atomic E-state index is 13.0. The molecule has 33 heavy (non-hydrogen) atoms. The van der Waals surface area contributed by atoms with E-state index in [1.165, 1.54) is 0 Å². The Morgan fingerprint density at radius 3 is 2.70 bits per heavy atom. The molecular formula is C25H30Cl2N2O4. The first-order valence-corrected chi connectivity index (χ1v) is 12.0. The van der Waals surface area contributed by atoms with Crippen LogP contribution in [-0.4, -0.2) is 48.8 Å². The summed E-state index contributed by atoms with van der Waals surface area (Å²) in [6, 6.07) is 10.5. The molecule has 3 unspecified atom stereocenters. The van der Waals surface area contributed by atoms with Gasteiger partial charge in [0.25, 0.3) is 0 Å². The predicted octanol–water partition coefficient (Wildman–Crippen LogP) is 5.32. The number of carbonyl (C=O) groups is 1. The average Bonchev–Trinajstić information content (AvgIpc) is 2.80. The SMILES string of the molecule is COc1ccc(OC)c(C2C3CCCCC3(O)CCN2CC(=O)Nc2ccc(Cl)cc2Cl)c1. The third-order valence-corrected chi connectivity index (χ3v) is 7.53. The normalized spacial score (nSPS) is 25.2. The fourth-order valence-corrected chi connectivity index (χ4v) is 5.82. The Morgan fingerprint density at radius 1 is 1.15 bits per heavy atom. The fourth-order valence-electron chi connectivity index (χ4n) is 5.37. The van der Waals surface area contributed by atoms with Gasteiger partial charge < -0.3 is 19.9 Å². The highest BCUT2D eigenvalue weighted by molar-refractivity contribution is 6.36. The number of amides is 1. The van der Waals surface area contributed by atoms with Crippen molar-refractivity contribution in [3.8, 4) is 11.5 Å². The maximum Gasteiger partial charge on any atom is 0.238 e. The second-order valence-electron chi connectivity index (χ2n) is 8.90. The van der Waals surface area contributed by atoms with Crippen LogP contribution >= 0.6 is 23.2 Å². The van der Waals surface area contributed by atoms with Crippen LogP contribution in [0.25, 0.3) is 0 Å². The number of aliphatic hydroxyl groups is 1. The van der Waals surface area contributed by atoms with Crippen molar-refractivity contribution < 1.29 is 19.4 Å². The molecule has 1 saturated carbocycles. The number of halogens is 2. The van der Waals surface area contributed by atoms with E-state index in [0.717, 1.165) is 37.0 Å². The van der Waals surface area contributed by atoms with Crippen LogP contribution in [0.2, 0.25) is 10.0 Å². The van der Waals surface area contributed by atoms with Crippen molar-refractivity contribution in [2.24, 2.45) is 5.92 Å². The zero-order valence-electron chi connectivity index (χ0n) is 18.9. The van der Waals surface area contributed by atoms with Gasteiger partial charge in [-0.05, 0) is 55.7 Å². The van der Waals surface area contributed by atoms with Gasteiger partial charge in [-0.25, -0.2) is 0 Å². The zero-order chi connectivity index (χ0) is 23.6. The highest BCUT2D eigenvalue weighted by Crippen LogP contribution is 2.51. The molecular weight excluding hydrogens is 463 g/mol. The number of likely N-dealkylation sites (tertiary alicyclic amines) is 1. The lowest BCUT2D eigenvalue weighted by atomic mass is 9.66. The summed E-state index contributed by atoms with van der Waals surface area (Å²) < 4.78 is 11.2. The lowest BCUT2D eigenvalue weighted by Gasteiger charge is -2.52. The van der Waals surface area contributed by atoms with Crippen molar-refractivity contribution in [1.82, 2.24) is 4.90 Å². The highest BCUT2D eigenvalue weighted by Gasteiger charge is 2.50. The molecule has 0 aromatic heterocycles. The first-order chi connectivity index (χ1) is 15.8. The van der Waals surface area contributed by atoms with E-state index in [0.29, 0.717) is 34.4 Å². The first-order valence-electron chi connectivity index (χ1n) is 11.3. The summed E-state index contributed by atoms with van der Waals surface area (Å²) in [6.45, 7) is 0.760. The van der Waals surface area contributed by atoms with Gasteiger partial charge in [-0.2, -0.15) is 0 Å². The summed E-state index contributed by atoms with van der Waals surface area (Å²) >= 11 is 12.2. The number of fused-ring (bicyclic) bond motifs is 1. The summed E-state index contributed by atoms with van der Waals surface area (Å²) in [5, 5.41) is 15.3. The highest BCUT2D eigenvalue weighted by atomic mass is 35.5. The lowest BCUT2D eigenvalue weighted by Crippen LogP contribution is -2.56. The minimum absolute atomic E-state index is 0.00655. The van der Waals surface area contributed by atoms with Crippen molar-refractivity contribution in [3.05, 3.63) is 52.0 Å². The number of methoxy groups -OCH3 is 2. The van der Waals surface area contributed by atoms with E-state index in [4.69, 9.17) is 32.7 Å². The first kappa shape index (κ1) is 24.1. The smallest absolute Gasteiger partial charge is 0.238 e. The lowest BCUT2D eigenvalue weighted by molar-refractivity contribution is -0.135. The molecule has 2 aromatic rings. The van der Waals surface area contributed by atoms with Gasteiger partial charge >= 0.3 is 0 Å². The number of carbonyl (C=O) groups excluding carboxylic acids is 1. The number of anilines is 1. The molecule has 0 spiro atoms. The molecule has 178 valence electrons. The van der Waals surface area contributed by atoms with Crippen LogP contribution in [0.3, 0.4) is 0 Å². The molecule has 2 aromatic carbocycles. The van der Waals surface area contributed by atoms with Gasteiger partial charge in [-0.1, -0.05) is 36.0 Å². The molecule has 0 radical (unpaired) electrons. The Balaban J connectivity index is 1.65. The molecule has 1 amide bonds. The predicted molar refractivity (Wildman–Crippen MR) is 130 cm³/mol. The topological polar surface area (TPSA) is 71.0 Å². The summed E-state index contributed by atoms with van der Waals surface area (Å²) in [5.74, 6) is 1.26. The number of piperidine rings is 1. The molecule has 1 aliphatic heterocycles. The Bertz CT molecular complexity index is 1020. The number of rotatable bonds is 6. The molecule has 6 nitrogen and oxygen atoms in total. The third kappa shape index (κ3) is 5.09. The molecule has 1 saturated heterocycles. The maximum absolute atomic E-state index is 13.0. The molecule has 1 heterocycles. The monoisotopic (exact) mass is 492 g/mol. The summed E-state index contributed by atoms with van der Waals surface area (Å²) in [6.07, 6.45) is 4.37. The summed E-state index contributed by atoms with van der Waals surface area (Å²) in [5.41, 5.74) is 0.704. The van der Waals surface area contributed by atoms with E-state index in [2.05, 4.69) is 10.2 Å². The van der Waals surface area contributed by atoms with Gasteiger partial charge in [0.05, 0.1) is 37.1 Å². The van der Waals surface area contributed by atoms with E-state index in [1.54, 1.807) is 32.4 Å². The van der Waals surface area contributed by atoms with Gasteiger partial charge in [0.15, 0.2) is 0 Å². The third-order valence-electron chi connectivity index (χ3n) is 6.98. The molecule has 1 aliphatic carbocycles. The van der Waals surface area contributed by atoms with Crippen molar-refractivity contribution in [2.75, 3.05) is 32.6 Å². The van der Waals surface area contributed by atoms with Crippen LogP contribution < -0.4 is 14.8 Å². The van der Waals surface area contributed by atoms with Crippen molar-refractivity contribution in [1.29, 1.82) is 0 Å². The molecule has 2 N–H and O–H groups in total. The van der Waals surface area contributed by atoms with E-state index in [1.807, 2.05) is 18.2 Å². The van der Waals surface area contributed by atoms with Gasteiger partial charge in [-0.15, -0.1) is 0 Å². The number of nitrogens with one attached hydrogen (secondary N) is 1. The van der Waals surface area contributed by atoms with Crippen LogP contribution in [0.1, 0.15) is 43.7 Å². The average molecular weight is 493 g/mol. The fraction of sp³-hybridized carbons (Fsp3) is 0.480. The molecule has 2 aliphatic rings. The van der Waals surface area contributed by atoms with E-state index < -0.39 is 5.60 Å². The molecule has 0 bridgehead atoms. The number of ether oxygens (including phenoxy) is 2. The van der Waals surface area contributed by atoms with Crippen LogP contribution in [0, 0.1) is 5.92 Å². The van der Waals surface area contributed by atoms with Gasteiger partial charge in [0, 0.05) is 29.1 Å². The molecule has 4 rings (SSSR count). The summed E-state index contributed by atoms with van der Waals surface area (Å²) in [4.78, 5) is 15.2. The molecule has 2 fully saturated rings. The second-order valence-corrected chi connectivity index (χ2v) is 9.75. The van der Waals surface area contributed by atoms with Gasteiger partial charge in [0.1, 0.15) is 11.5 Å². The zero-order valence-corrected chi connectivity index (χ0v) is 20.5. The Labute approximate surface area is 204 Å². The van der Waals surface area contributed by atoms with Crippen molar-refractivity contribution in [3.63, 3.8) is 0 Å². The Hall–Kier alpha value is -1.99. The van der Waals surface area contributed by atoms with Gasteiger partial charge in [-0.3, -0.25) is 9.69 Å². The second kappa shape index (κ2) is 10.1.